The van der Waals surface area contributed by atoms with Gasteiger partial charge in [0.05, 0.1) is 0 Å². The summed E-state index contributed by atoms with van der Waals surface area (Å²) in [5, 5.41) is 10.7. The molecule has 4 nitrogen and oxygen atoms in total. The van der Waals surface area contributed by atoms with Crippen LogP contribution < -0.4 is 5.32 Å². The van der Waals surface area contributed by atoms with Crippen LogP contribution in [0.4, 0.5) is 5.82 Å². The van der Waals surface area contributed by atoms with E-state index in [0.717, 1.165) is 13.0 Å². The molecular formula is C13H14Cl2N4. The van der Waals surface area contributed by atoms with Crippen LogP contribution in [0.2, 0.25) is 10.4 Å². The minimum Gasteiger partial charge on any atom is -0.367 e. The maximum Gasteiger partial charge on any atom is 0.245 e. The summed E-state index contributed by atoms with van der Waals surface area (Å²) in [5.41, 5.74) is 1.31. The molecule has 0 amide bonds. The Morgan fingerprint density at radius 2 is 1.89 bits per heavy atom. The molecule has 0 spiro atoms. The van der Waals surface area contributed by atoms with Gasteiger partial charge in [-0.3, -0.25) is 0 Å². The van der Waals surface area contributed by atoms with Crippen LogP contribution in [0.1, 0.15) is 24.8 Å². The maximum absolute atomic E-state index is 5.87. The molecule has 1 N–H and O–H groups in total. The van der Waals surface area contributed by atoms with Crippen LogP contribution in [0.5, 0.6) is 0 Å². The number of nitrogens with zero attached hydrogens (tertiary/aromatic N) is 3. The van der Waals surface area contributed by atoms with Gasteiger partial charge in [-0.1, -0.05) is 48.9 Å². The van der Waals surface area contributed by atoms with Gasteiger partial charge in [-0.2, -0.15) is 4.98 Å². The SMILES string of the molecule is CC(CCNc1nc(Cl)nnc1Cl)c1ccccc1. The summed E-state index contributed by atoms with van der Waals surface area (Å²) in [6.45, 7) is 2.93. The Morgan fingerprint density at radius 3 is 2.63 bits per heavy atom. The van der Waals surface area contributed by atoms with Crippen molar-refractivity contribution in [2.75, 3.05) is 11.9 Å². The van der Waals surface area contributed by atoms with Crippen molar-refractivity contribution in [1.82, 2.24) is 15.2 Å². The lowest BCUT2D eigenvalue weighted by atomic mass is 9.98. The van der Waals surface area contributed by atoms with Gasteiger partial charge < -0.3 is 5.32 Å². The summed E-state index contributed by atoms with van der Waals surface area (Å²) in [4.78, 5) is 3.99. The third kappa shape index (κ3) is 4.04. The molecule has 2 aromatic rings. The second-order valence-corrected chi connectivity index (χ2v) is 4.94. The highest BCUT2D eigenvalue weighted by Crippen LogP contribution is 2.20. The minimum atomic E-state index is 0.0861. The number of halogens is 2. The smallest absolute Gasteiger partial charge is 0.245 e. The summed E-state index contributed by atoms with van der Waals surface area (Å²) >= 11 is 11.5. The Kier molecular flexibility index (Phi) is 4.93. The van der Waals surface area contributed by atoms with Crippen molar-refractivity contribution in [3.05, 3.63) is 46.3 Å². The predicted molar refractivity (Wildman–Crippen MR) is 77.8 cm³/mol. The highest BCUT2D eigenvalue weighted by Gasteiger charge is 2.08. The molecule has 0 aliphatic rings. The molecule has 0 saturated heterocycles. The average Bonchev–Trinajstić information content (AvgIpc) is 2.43. The summed E-state index contributed by atoms with van der Waals surface area (Å²) in [6, 6.07) is 10.4. The standard InChI is InChI=1S/C13H14Cl2N4/c1-9(10-5-3-2-4-6-10)7-8-16-12-11(14)18-19-13(15)17-12/h2-6,9H,7-8H2,1H3,(H,16,17,19). The first-order chi connectivity index (χ1) is 9.16. The molecule has 1 aromatic carbocycles. The van der Waals surface area contributed by atoms with Crippen molar-refractivity contribution >= 4 is 29.0 Å². The van der Waals surface area contributed by atoms with Gasteiger partial charge in [-0.05, 0) is 29.5 Å². The zero-order valence-electron chi connectivity index (χ0n) is 10.5. The Balaban J connectivity index is 1.88. The first kappa shape index (κ1) is 14.0. The van der Waals surface area contributed by atoms with E-state index in [-0.39, 0.29) is 10.4 Å². The molecule has 6 heteroatoms. The first-order valence-corrected chi connectivity index (χ1v) is 6.77. The van der Waals surface area contributed by atoms with Crippen molar-refractivity contribution < 1.29 is 0 Å². The Hall–Kier alpha value is -1.39. The molecule has 0 saturated carbocycles. The Bertz CT molecular complexity index is 533. The molecular weight excluding hydrogens is 283 g/mol. The molecule has 0 aliphatic carbocycles. The number of aromatic nitrogens is 3. The van der Waals surface area contributed by atoms with Gasteiger partial charge in [-0.25, -0.2) is 0 Å². The van der Waals surface area contributed by atoms with Crippen LogP contribution >= 0.6 is 23.2 Å². The summed E-state index contributed by atoms with van der Waals surface area (Å²) in [6.07, 6.45) is 0.960. The van der Waals surface area contributed by atoms with E-state index in [2.05, 4.69) is 39.6 Å². The van der Waals surface area contributed by atoms with Crippen LogP contribution in [0.3, 0.4) is 0 Å². The molecule has 1 atom stereocenters. The maximum atomic E-state index is 5.87. The van der Waals surface area contributed by atoms with E-state index in [1.54, 1.807) is 0 Å². The van der Waals surface area contributed by atoms with Gasteiger partial charge in [-0.15, -0.1) is 10.2 Å². The van der Waals surface area contributed by atoms with E-state index in [0.29, 0.717) is 11.7 Å². The fraction of sp³-hybridized carbons (Fsp3) is 0.308. The van der Waals surface area contributed by atoms with Crippen LogP contribution in [-0.4, -0.2) is 21.7 Å². The number of hydrogen-bond acceptors (Lipinski definition) is 4. The van der Waals surface area contributed by atoms with Crippen molar-refractivity contribution in [3.8, 4) is 0 Å². The largest absolute Gasteiger partial charge is 0.367 e. The Morgan fingerprint density at radius 1 is 1.16 bits per heavy atom. The molecule has 0 radical (unpaired) electrons. The van der Waals surface area contributed by atoms with Crippen LogP contribution in [0.15, 0.2) is 30.3 Å². The lowest BCUT2D eigenvalue weighted by Crippen LogP contribution is -2.08. The van der Waals surface area contributed by atoms with E-state index in [1.807, 2.05) is 18.2 Å². The normalized spacial score (nSPS) is 12.2. The summed E-state index contributed by atoms with van der Waals surface area (Å²) in [5.74, 6) is 0.930. The molecule has 19 heavy (non-hydrogen) atoms. The second-order valence-electron chi connectivity index (χ2n) is 4.25. The summed E-state index contributed by atoms with van der Waals surface area (Å²) in [7, 11) is 0. The monoisotopic (exact) mass is 296 g/mol. The fourth-order valence-corrected chi connectivity index (χ4v) is 2.03. The van der Waals surface area contributed by atoms with E-state index >= 15 is 0 Å². The Labute approximate surface area is 122 Å². The van der Waals surface area contributed by atoms with Crippen LogP contribution in [0.25, 0.3) is 0 Å². The molecule has 1 unspecified atom stereocenters. The van der Waals surface area contributed by atoms with Gasteiger partial charge in [0.15, 0.2) is 11.0 Å². The van der Waals surface area contributed by atoms with E-state index in [9.17, 15) is 0 Å². The van der Waals surface area contributed by atoms with Gasteiger partial charge in [0.2, 0.25) is 5.28 Å². The zero-order valence-corrected chi connectivity index (χ0v) is 12.0. The minimum absolute atomic E-state index is 0.0861. The number of nitrogens with one attached hydrogen (secondary N) is 1. The number of benzene rings is 1. The second kappa shape index (κ2) is 6.68. The van der Waals surface area contributed by atoms with Crippen LogP contribution in [-0.2, 0) is 0 Å². The van der Waals surface area contributed by atoms with E-state index in [1.165, 1.54) is 5.56 Å². The van der Waals surface area contributed by atoms with Crippen molar-refractivity contribution in [3.63, 3.8) is 0 Å². The molecule has 0 fully saturated rings. The average molecular weight is 297 g/mol. The van der Waals surface area contributed by atoms with Crippen LogP contribution in [0, 0.1) is 0 Å². The van der Waals surface area contributed by atoms with Crippen molar-refractivity contribution in [1.29, 1.82) is 0 Å². The molecule has 100 valence electrons. The van der Waals surface area contributed by atoms with E-state index < -0.39 is 0 Å². The first-order valence-electron chi connectivity index (χ1n) is 6.01. The lowest BCUT2D eigenvalue weighted by molar-refractivity contribution is 0.704. The third-order valence-corrected chi connectivity index (χ3v) is 3.27. The molecule has 1 aromatic heterocycles. The van der Waals surface area contributed by atoms with Gasteiger partial charge in [0.25, 0.3) is 0 Å². The highest BCUT2D eigenvalue weighted by atomic mass is 35.5. The zero-order chi connectivity index (χ0) is 13.7. The molecule has 0 aliphatic heterocycles. The van der Waals surface area contributed by atoms with Gasteiger partial charge in [0.1, 0.15) is 0 Å². The highest BCUT2D eigenvalue weighted by molar-refractivity contribution is 6.32. The third-order valence-electron chi connectivity index (χ3n) is 2.86. The number of hydrogen-bond donors (Lipinski definition) is 1. The van der Waals surface area contributed by atoms with Crippen molar-refractivity contribution in [2.24, 2.45) is 0 Å². The molecule has 0 bridgehead atoms. The topological polar surface area (TPSA) is 50.7 Å². The predicted octanol–water partition coefficient (Wildman–Crippen LogP) is 3.78. The van der Waals surface area contributed by atoms with E-state index in [4.69, 9.17) is 23.2 Å². The number of rotatable bonds is 5. The lowest BCUT2D eigenvalue weighted by Gasteiger charge is -2.12. The molecule has 1 heterocycles. The number of anilines is 1. The van der Waals surface area contributed by atoms with Gasteiger partial charge >= 0.3 is 0 Å². The van der Waals surface area contributed by atoms with Gasteiger partial charge in [0, 0.05) is 6.54 Å². The molecule has 2 rings (SSSR count). The summed E-state index contributed by atoms with van der Waals surface area (Å²) < 4.78 is 0. The van der Waals surface area contributed by atoms with Crippen molar-refractivity contribution in [2.45, 2.75) is 19.3 Å². The fourth-order valence-electron chi connectivity index (χ4n) is 1.76. The quantitative estimate of drug-likeness (QED) is 0.912.